The lowest BCUT2D eigenvalue weighted by molar-refractivity contribution is -0.131. The monoisotopic (exact) mass is 358 g/mol. The van der Waals surface area contributed by atoms with E-state index < -0.39 is 0 Å². The second kappa shape index (κ2) is 10.7. The van der Waals surface area contributed by atoms with Gasteiger partial charge in [-0.2, -0.15) is 0 Å². The molecule has 4 nitrogen and oxygen atoms in total. The number of carbonyl (C=O) groups is 1. The van der Waals surface area contributed by atoms with Gasteiger partial charge in [0.05, 0.1) is 6.61 Å². The van der Waals surface area contributed by atoms with Crippen LogP contribution in [0.4, 0.5) is 0 Å². The molecule has 0 saturated carbocycles. The summed E-state index contributed by atoms with van der Waals surface area (Å²) < 4.78 is 5.78. The molecular weight excluding hydrogens is 324 g/mol. The maximum atomic E-state index is 12.3. The van der Waals surface area contributed by atoms with Crippen molar-refractivity contribution in [1.29, 1.82) is 0 Å². The first kappa shape index (κ1) is 19.4. The molecule has 0 aliphatic carbocycles. The zero-order valence-corrected chi connectivity index (χ0v) is 16.1. The molecule has 2 aliphatic heterocycles. The fraction of sp³-hybridized carbons (Fsp3) is 0.682. The van der Waals surface area contributed by atoms with Crippen molar-refractivity contribution in [2.24, 2.45) is 5.92 Å². The summed E-state index contributed by atoms with van der Waals surface area (Å²) >= 11 is 0. The third-order valence-corrected chi connectivity index (χ3v) is 5.77. The second-order valence-corrected chi connectivity index (χ2v) is 7.78. The van der Waals surface area contributed by atoms with Crippen molar-refractivity contribution in [2.45, 2.75) is 44.9 Å². The lowest BCUT2D eigenvalue weighted by Crippen LogP contribution is -2.37. The highest BCUT2D eigenvalue weighted by Gasteiger charge is 2.24. The Bertz CT molecular complexity index is 520. The molecule has 2 aliphatic rings. The minimum atomic E-state index is 0.396. The fourth-order valence-electron chi connectivity index (χ4n) is 4.08. The predicted molar refractivity (Wildman–Crippen MR) is 105 cm³/mol. The van der Waals surface area contributed by atoms with E-state index in [0.29, 0.717) is 11.8 Å². The smallest absolute Gasteiger partial charge is 0.222 e. The van der Waals surface area contributed by atoms with Crippen LogP contribution in [0.5, 0.6) is 0 Å². The van der Waals surface area contributed by atoms with Gasteiger partial charge in [0.2, 0.25) is 5.91 Å². The standard InChI is InChI=1S/C22H34N2O2/c25-22(24-13-4-5-14-24)19-21-9-15-23(16-10-21)12-6-17-26-18-11-20-7-2-1-3-8-20/h1-3,7-8,21H,4-6,9-19H2. The van der Waals surface area contributed by atoms with Crippen molar-refractivity contribution >= 4 is 5.91 Å². The summed E-state index contributed by atoms with van der Waals surface area (Å²) in [7, 11) is 0. The van der Waals surface area contributed by atoms with Gasteiger partial charge >= 0.3 is 0 Å². The molecule has 0 radical (unpaired) electrons. The Morgan fingerprint density at radius 3 is 2.46 bits per heavy atom. The molecule has 2 fully saturated rings. The van der Waals surface area contributed by atoms with Crippen molar-refractivity contribution in [3.8, 4) is 0 Å². The highest BCUT2D eigenvalue weighted by Crippen LogP contribution is 2.22. The van der Waals surface area contributed by atoms with Gasteiger partial charge in [-0.15, -0.1) is 0 Å². The molecule has 4 heteroatoms. The van der Waals surface area contributed by atoms with Crippen LogP contribution in [0.3, 0.4) is 0 Å². The molecule has 0 aromatic heterocycles. The Kier molecular flexibility index (Phi) is 7.96. The number of piperidine rings is 1. The number of amides is 1. The van der Waals surface area contributed by atoms with E-state index in [1.54, 1.807) is 0 Å². The first-order chi connectivity index (χ1) is 12.8. The third-order valence-electron chi connectivity index (χ3n) is 5.77. The number of benzene rings is 1. The molecule has 1 amide bonds. The molecule has 1 aromatic rings. The summed E-state index contributed by atoms with van der Waals surface area (Å²) in [6.07, 6.45) is 7.61. The van der Waals surface area contributed by atoms with Crippen LogP contribution in [0.15, 0.2) is 30.3 Å². The van der Waals surface area contributed by atoms with Gasteiger partial charge in [0.25, 0.3) is 0 Å². The number of ether oxygens (including phenoxy) is 1. The lowest BCUT2D eigenvalue weighted by Gasteiger charge is -2.32. The van der Waals surface area contributed by atoms with E-state index in [1.807, 2.05) is 0 Å². The van der Waals surface area contributed by atoms with Crippen LogP contribution in [0.2, 0.25) is 0 Å². The second-order valence-electron chi connectivity index (χ2n) is 7.78. The van der Waals surface area contributed by atoms with E-state index in [0.717, 1.165) is 65.2 Å². The van der Waals surface area contributed by atoms with Gasteiger partial charge in [-0.1, -0.05) is 30.3 Å². The molecule has 0 unspecified atom stereocenters. The zero-order valence-electron chi connectivity index (χ0n) is 16.1. The van der Waals surface area contributed by atoms with E-state index in [1.165, 1.54) is 31.2 Å². The van der Waals surface area contributed by atoms with Crippen molar-refractivity contribution < 1.29 is 9.53 Å². The highest BCUT2D eigenvalue weighted by atomic mass is 16.5. The Morgan fingerprint density at radius 1 is 1.00 bits per heavy atom. The van der Waals surface area contributed by atoms with Crippen LogP contribution in [0.25, 0.3) is 0 Å². The number of hydrogen-bond acceptors (Lipinski definition) is 3. The number of rotatable bonds is 9. The molecule has 0 atom stereocenters. The van der Waals surface area contributed by atoms with E-state index in [4.69, 9.17) is 4.74 Å². The minimum absolute atomic E-state index is 0.396. The highest BCUT2D eigenvalue weighted by molar-refractivity contribution is 5.76. The summed E-state index contributed by atoms with van der Waals surface area (Å²) in [5, 5.41) is 0. The number of hydrogen-bond donors (Lipinski definition) is 0. The molecule has 0 N–H and O–H groups in total. The minimum Gasteiger partial charge on any atom is -0.381 e. The van der Waals surface area contributed by atoms with Gasteiger partial charge in [0, 0.05) is 32.7 Å². The predicted octanol–water partition coefficient (Wildman–Crippen LogP) is 3.36. The topological polar surface area (TPSA) is 32.8 Å². The van der Waals surface area contributed by atoms with Crippen molar-refractivity contribution in [3.05, 3.63) is 35.9 Å². The van der Waals surface area contributed by atoms with Gasteiger partial charge in [0.1, 0.15) is 0 Å². The fourth-order valence-corrected chi connectivity index (χ4v) is 4.08. The molecule has 0 spiro atoms. The SMILES string of the molecule is O=C(CC1CCN(CCCOCCc2ccccc2)CC1)N1CCCC1. The Labute approximate surface area is 158 Å². The Morgan fingerprint density at radius 2 is 1.73 bits per heavy atom. The summed E-state index contributed by atoms with van der Waals surface area (Å²) in [5.41, 5.74) is 1.35. The first-order valence-electron chi connectivity index (χ1n) is 10.4. The molecular formula is C22H34N2O2. The maximum absolute atomic E-state index is 12.3. The molecule has 0 bridgehead atoms. The van der Waals surface area contributed by atoms with E-state index >= 15 is 0 Å². The number of likely N-dealkylation sites (tertiary alicyclic amines) is 2. The van der Waals surface area contributed by atoms with Gasteiger partial charge in [-0.25, -0.2) is 0 Å². The number of nitrogens with zero attached hydrogens (tertiary/aromatic N) is 2. The first-order valence-corrected chi connectivity index (χ1v) is 10.4. The summed E-state index contributed by atoms with van der Waals surface area (Å²) in [4.78, 5) is 16.9. The molecule has 2 saturated heterocycles. The van der Waals surface area contributed by atoms with Crippen molar-refractivity contribution in [1.82, 2.24) is 9.80 Å². The zero-order chi connectivity index (χ0) is 18.0. The average Bonchev–Trinajstić information content (AvgIpc) is 3.22. The quantitative estimate of drug-likeness (QED) is 0.635. The largest absolute Gasteiger partial charge is 0.381 e. The molecule has 2 heterocycles. The van der Waals surface area contributed by atoms with Gasteiger partial charge in [-0.3, -0.25) is 4.79 Å². The maximum Gasteiger partial charge on any atom is 0.222 e. The van der Waals surface area contributed by atoms with E-state index in [9.17, 15) is 4.79 Å². The van der Waals surface area contributed by atoms with Gasteiger partial charge in [-0.05, 0) is 63.1 Å². The number of carbonyl (C=O) groups excluding carboxylic acids is 1. The van der Waals surface area contributed by atoms with Crippen LogP contribution < -0.4 is 0 Å². The van der Waals surface area contributed by atoms with Crippen LogP contribution in [0.1, 0.15) is 44.1 Å². The molecule has 3 rings (SSSR count). The third kappa shape index (κ3) is 6.40. The van der Waals surface area contributed by atoms with Crippen LogP contribution in [0, 0.1) is 5.92 Å². The normalized spacial score (nSPS) is 19.2. The average molecular weight is 359 g/mol. The van der Waals surface area contributed by atoms with Gasteiger partial charge in [0.15, 0.2) is 0 Å². The lowest BCUT2D eigenvalue weighted by atomic mass is 9.93. The van der Waals surface area contributed by atoms with Crippen LogP contribution in [-0.2, 0) is 16.0 Å². The summed E-state index contributed by atoms with van der Waals surface area (Å²) in [6, 6.07) is 10.5. The van der Waals surface area contributed by atoms with Crippen molar-refractivity contribution in [2.75, 3.05) is 45.9 Å². The summed E-state index contributed by atoms with van der Waals surface area (Å²) in [6.45, 7) is 7.04. The Hall–Kier alpha value is -1.39. The summed E-state index contributed by atoms with van der Waals surface area (Å²) in [5.74, 6) is 0.995. The van der Waals surface area contributed by atoms with E-state index in [2.05, 4.69) is 40.1 Å². The van der Waals surface area contributed by atoms with Crippen molar-refractivity contribution in [3.63, 3.8) is 0 Å². The molecule has 26 heavy (non-hydrogen) atoms. The van der Waals surface area contributed by atoms with Gasteiger partial charge < -0.3 is 14.5 Å². The molecule has 144 valence electrons. The molecule has 1 aromatic carbocycles. The Balaban J connectivity index is 1.20. The van der Waals surface area contributed by atoms with Crippen LogP contribution >= 0.6 is 0 Å². The van der Waals surface area contributed by atoms with E-state index in [-0.39, 0.29) is 0 Å². The van der Waals surface area contributed by atoms with Crippen LogP contribution in [-0.4, -0.2) is 61.6 Å².